The van der Waals surface area contributed by atoms with Crippen LogP contribution in [-0.2, 0) is 16.5 Å². The minimum absolute atomic E-state index is 0. The fourth-order valence-electron chi connectivity index (χ4n) is 2.97. The molecule has 0 N–H and O–H groups in total. The van der Waals surface area contributed by atoms with Gasteiger partial charge in [-0.05, 0) is 36.5 Å². The van der Waals surface area contributed by atoms with E-state index in [4.69, 9.17) is 18.8 Å². The van der Waals surface area contributed by atoms with Crippen LogP contribution < -0.4 is 0 Å². The summed E-state index contributed by atoms with van der Waals surface area (Å²) in [7, 11) is 9.75. The Bertz CT molecular complexity index is 238. The molecule has 0 spiro atoms. The summed E-state index contributed by atoms with van der Waals surface area (Å²) in [5, 5.41) is 0. The molecule has 0 saturated heterocycles. The normalized spacial score (nSPS) is 37.7. The van der Waals surface area contributed by atoms with Gasteiger partial charge in [0.05, 0.1) is 0 Å². The van der Waals surface area contributed by atoms with E-state index in [0.717, 1.165) is 23.7 Å². The van der Waals surface area contributed by atoms with Crippen LogP contribution in [0.1, 0.15) is 12.8 Å². The molecule has 1 fully saturated rings. The third-order valence-corrected chi connectivity index (χ3v) is 3.46. The molecule has 0 radical (unpaired) electrons. The molecule has 4 atom stereocenters. The van der Waals surface area contributed by atoms with E-state index in [1.165, 1.54) is 12.8 Å². The van der Waals surface area contributed by atoms with Crippen molar-refractivity contribution in [3.8, 4) is 0 Å². The van der Waals surface area contributed by atoms with Crippen molar-refractivity contribution in [2.75, 3.05) is 0 Å². The Labute approximate surface area is 111 Å². The second-order valence-corrected chi connectivity index (χ2v) is 7.18. The molecule has 0 amide bonds. The molecule has 3 aliphatic rings. The maximum absolute atomic E-state index is 4.88. The van der Waals surface area contributed by atoms with Crippen LogP contribution in [-0.4, -0.2) is 0 Å². The minimum atomic E-state index is -0.472. The van der Waals surface area contributed by atoms with Crippen molar-refractivity contribution in [1.82, 2.24) is 0 Å². The van der Waals surface area contributed by atoms with Gasteiger partial charge in [0.15, 0.2) is 0 Å². The SMILES string of the molecule is C1=CC2C3C=CC(C3)C2C1.[CH3-].[CH3-].[Cl][Pt+2][Cl]. The Morgan fingerprint density at radius 1 is 1.00 bits per heavy atom. The Balaban J connectivity index is 0.000000359. The summed E-state index contributed by atoms with van der Waals surface area (Å²) in [5.74, 6) is 3.82. The van der Waals surface area contributed by atoms with Crippen LogP contribution in [0.3, 0.4) is 0 Å². The van der Waals surface area contributed by atoms with Gasteiger partial charge in [-0.1, -0.05) is 24.3 Å². The monoisotopic (exact) mass is 427 g/mol. The van der Waals surface area contributed by atoms with Crippen LogP contribution in [0.5, 0.6) is 0 Å². The van der Waals surface area contributed by atoms with Crippen LogP contribution in [0.25, 0.3) is 0 Å². The molecular weight excluding hydrogens is 410 g/mol. The summed E-state index contributed by atoms with van der Waals surface area (Å²) >= 11 is -0.472. The third kappa shape index (κ3) is 3.11. The van der Waals surface area contributed by atoms with Crippen LogP contribution in [0.15, 0.2) is 24.3 Å². The number of halogens is 2. The van der Waals surface area contributed by atoms with E-state index >= 15 is 0 Å². The maximum atomic E-state index is 4.88. The molecule has 0 aromatic carbocycles. The van der Waals surface area contributed by atoms with E-state index < -0.39 is 16.5 Å². The van der Waals surface area contributed by atoms with Crippen molar-refractivity contribution in [3.05, 3.63) is 39.2 Å². The van der Waals surface area contributed by atoms with E-state index in [9.17, 15) is 0 Å². The molecule has 0 aromatic rings. The van der Waals surface area contributed by atoms with Crippen molar-refractivity contribution >= 4 is 18.8 Å². The van der Waals surface area contributed by atoms with E-state index in [1.54, 1.807) is 0 Å². The molecule has 90 valence electrons. The Hall–Kier alpha value is 0.748. The summed E-state index contributed by atoms with van der Waals surface area (Å²) in [6.45, 7) is 0. The average molecular weight is 428 g/mol. The first kappa shape index (κ1) is 15.7. The predicted molar refractivity (Wildman–Crippen MR) is 66.0 cm³/mol. The van der Waals surface area contributed by atoms with Crippen LogP contribution in [0, 0.1) is 38.5 Å². The van der Waals surface area contributed by atoms with E-state index in [-0.39, 0.29) is 14.9 Å². The number of fused-ring (bicyclic) bond motifs is 5. The zero-order valence-corrected chi connectivity index (χ0v) is 12.9. The van der Waals surface area contributed by atoms with Crippen molar-refractivity contribution in [2.24, 2.45) is 23.7 Å². The number of rotatable bonds is 0. The fourth-order valence-corrected chi connectivity index (χ4v) is 2.97. The fraction of sp³-hybridized carbons (Fsp3) is 0.500. The van der Waals surface area contributed by atoms with Crippen LogP contribution in [0.2, 0.25) is 0 Å². The van der Waals surface area contributed by atoms with Gasteiger partial charge in [0.25, 0.3) is 0 Å². The molecule has 2 bridgehead atoms. The Kier molecular flexibility index (Phi) is 7.50. The van der Waals surface area contributed by atoms with E-state index in [1.807, 2.05) is 0 Å². The molecule has 1 saturated carbocycles. The van der Waals surface area contributed by atoms with Gasteiger partial charge < -0.3 is 14.9 Å². The van der Waals surface area contributed by atoms with Gasteiger partial charge in [-0.25, -0.2) is 0 Å². The van der Waals surface area contributed by atoms with Gasteiger partial charge >= 0.3 is 35.3 Å². The standard InChI is InChI=1S/C10H12.2CH3.2ClH.Pt/c1-2-9-7-4-5-8(6-7)10(9)3-1;;;;;/h1-2,4-5,7-10H,3,6H2;2*1H3;2*1H;/q;2*-1;;;+4/p-2. The average Bonchev–Trinajstić information content (AvgIpc) is 2.79. The van der Waals surface area contributed by atoms with Crippen molar-refractivity contribution in [1.29, 1.82) is 0 Å². The topological polar surface area (TPSA) is 0 Å². The molecule has 4 unspecified atom stereocenters. The Morgan fingerprint density at radius 3 is 2.20 bits per heavy atom. The van der Waals surface area contributed by atoms with Crippen LogP contribution >= 0.6 is 18.8 Å². The second kappa shape index (κ2) is 7.15. The third-order valence-electron chi connectivity index (χ3n) is 3.46. The van der Waals surface area contributed by atoms with E-state index in [0.29, 0.717) is 0 Å². The van der Waals surface area contributed by atoms with Gasteiger partial charge in [-0.2, -0.15) is 0 Å². The van der Waals surface area contributed by atoms with Gasteiger partial charge in [0.1, 0.15) is 0 Å². The zero-order chi connectivity index (χ0) is 9.26. The quantitative estimate of drug-likeness (QED) is 0.389. The predicted octanol–water partition coefficient (Wildman–Crippen LogP) is 4.66. The molecule has 0 aliphatic heterocycles. The number of hydrogen-bond acceptors (Lipinski definition) is 0. The van der Waals surface area contributed by atoms with Crippen molar-refractivity contribution < 1.29 is 16.5 Å². The molecule has 0 nitrogen and oxygen atoms in total. The molecule has 3 aliphatic carbocycles. The molecular formula is C12H18Cl2Pt. The first-order valence-corrected chi connectivity index (χ1v) is 10.2. The summed E-state index contributed by atoms with van der Waals surface area (Å²) in [6, 6.07) is 0. The molecule has 3 rings (SSSR count). The van der Waals surface area contributed by atoms with Crippen molar-refractivity contribution in [2.45, 2.75) is 12.8 Å². The van der Waals surface area contributed by atoms with Crippen LogP contribution in [0.4, 0.5) is 0 Å². The summed E-state index contributed by atoms with van der Waals surface area (Å²) in [4.78, 5) is 0. The van der Waals surface area contributed by atoms with Crippen molar-refractivity contribution in [3.63, 3.8) is 0 Å². The number of hydrogen-bond donors (Lipinski definition) is 0. The number of allylic oxidation sites excluding steroid dienone is 4. The molecule has 3 heteroatoms. The van der Waals surface area contributed by atoms with Gasteiger partial charge in [-0.15, -0.1) is 0 Å². The first-order valence-electron chi connectivity index (χ1n) is 4.54. The van der Waals surface area contributed by atoms with Gasteiger partial charge in [0, 0.05) is 0 Å². The molecule has 15 heavy (non-hydrogen) atoms. The summed E-state index contributed by atoms with van der Waals surface area (Å²) in [6.07, 6.45) is 12.5. The molecule has 0 aromatic heterocycles. The van der Waals surface area contributed by atoms with Gasteiger partial charge in [0.2, 0.25) is 0 Å². The first-order chi connectivity index (χ1) is 6.36. The second-order valence-electron chi connectivity index (χ2n) is 3.90. The van der Waals surface area contributed by atoms with E-state index in [2.05, 4.69) is 24.3 Å². The summed E-state index contributed by atoms with van der Waals surface area (Å²) < 4.78 is 0. The van der Waals surface area contributed by atoms with Gasteiger partial charge in [-0.3, -0.25) is 0 Å². The Morgan fingerprint density at radius 2 is 1.60 bits per heavy atom. The zero-order valence-electron chi connectivity index (χ0n) is 9.11. The molecule has 0 heterocycles. The summed E-state index contributed by atoms with van der Waals surface area (Å²) in [5.41, 5.74) is 0.